The summed E-state index contributed by atoms with van der Waals surface area (Å²) in [5, 5.41) is 2.91. The van der Waals surface area contributed by atoms with E-state index in [1.807, 2.05) is 13.1 Å². The van der Waals surface area contributed by atoms with Gasteiger partial charge in [-0.2, -0.15) is 0 Å². The molecule has 1 aromatic rings. The fraction of sp³-hybridized carbons (Fsp3) is 0.300. The molecule has 68 valence electrons. The molecule has 0 amide bonds. The lowest BCUT2D eigenvalue weighted by molar-refractivity contribution is 0.859. The SMILES string of the molecule is CNCC#Cc1ccn(C)c(=O)c1. The van der Waals surface area contributed by atoms with Crippen LogP contribution in [0.3, 0.4) is 0 Å². The summed E-state index contributed by atoms with van der Waals surface area (Å²) in [6.07, 6.45) is 1.71. The number of hydrogen-bond donors (Lipinski definition) is 1. The molecule has 0 bridgehead atoms. The number of nitrogens with one attached hydrogen (secondary N) is 1. The number of rotatable bonds is 1. The first-order valence-corrected chi connectivity index (χ1v) is 4.04. The van der Waals surface area contributed by atoms with Crippen molar-refractivity contribution in [2.75, 3.05) is 13.6 Å². The second kappa shape index (κ2) is 4.48. The highest BCUT2D eigenvalue weighted by Crippen LogP contribution is 1.89. The highest BCUT2D eigenvalue weighted by atomic mass is 16.1. The summed E-state index contributed by atoms with van der Waals surface area (Å²) < 4.78 is 1.52. The standard InChI is InChI=1S/C10H12N2O/c1-11-6-3-4-9-5-7-12(2)10(13)8-9/h5,7-8,11H,6H2,1-2H3. The Morgan fingerprint density at radius 1 is 1.62 bits per heavy atom. The van der Waals surface area contributed by atoms with Gasteiger partial charge in [0.2, 0.25) is 0 Å². The van der Waals surface area contributed by atoms with Crippen LogP contribution in [0.25, 0.3) is 0 Å². The molecule has 0 spiro atoms. The highest BCUT2D eigenvalue weighted by Gasteiger charge is 1.90. The van der Waals surface area contributed by atoms with Crippen molar-refractivity contribution in [3.63, 3.8) is 0 Å². The van der Waals surface area contributed by atoms with Crippen LogP contribution in [0.4, 0.5) is 0 Å². The van der Waals surface area contributed by atoms with Crippen molar-refractivity contribution in [2.45, 2.75) is 0 Å². The number of nitrogens with zero attached hydrogens (tertiary/aromatic N) is 1. The van der Waals surface area contributed by atoms with Crippen molar-refractivity contribution < 1.29 is 0 Å². The minimum atomic E-state index is -0.0312. The maximum atomic E-state index is 11.2. The van der Waals surface area contributed by atoms with Crippen molar-refractivity contribution in [3.8, 4) is 11.8 Å². The molecule has 0 atom stereocenters. The first kappa shape index (κ1) is 9.56. The minimum absolute atomic E-state index is 0.0312. The smallest absolute Gasteiger partial charge is 0.251 e. The van der Waals surface area contributed by atoms with Crippen LogP contribution in [-0.4, -0.2) is 18.2 Å². The molecule has 1 heterocycles. The lowest BCUT2D eigenvalue weighted by atomic mass is 10.3. The molecular formula is C10H12N2O. The Kier molecular flexibility index (Phi) is 3.30. The fourth-order valence-corrected chi connectivity index (χ4v) is 0.861. The van der Waals surface area contributed by atoms with Crippen molar-refractivity contribution in [1.82, 2.24) is 9.88 Å². The Morgan fingerprint density at radius 2 is 2.38 bits per heavy atom. The average Bonchev–Trinajstić information content (AvgIpc) is 2.12. The van der Waals surface area contributed by atoms with Crippen LogP contribution in [0.5, 0.6) is 0 Å². The monoisotopic (exact) mass is 176 g/mol. The third kappa shape index (κ3) is 2.77. The second-order valence-corrected chi connectivity index (χ2v) is 2.70. The molecule has 1 rings (SSSR count). The van der Waals surface area contributed by atoms with E-state index in [-0.39, 0.29) is 5.56 Å². The Bertz CT molecular complexity index is 395. The van der Waals surface area contributed by atoms with Gasteiger partial charge >= 0.3 is 0 Å². The van der Waals surface area contributed by atoms with E-state index >= 15 is 0 Å². The average molecular weight is 176 g/mol. The summed E-state index contributed by atoms with van der Waals surface area (Å²) >= 11 is 0. The predicted octanol–water partition coefficient (Wildman–Crippen LogP) is -0.0438. The zero-order chi connectivity index (χ0) is 9.68. The summed E-state index contributed by atoms with van der Waals surface area (Å²) in [5.41, 5.74) is 0.731. The van der Waals surface area contributed by atoms with Gasteiger partial charge in [-0.15, -0.1) is 0 Å². The van der Waals surface area contributed by atoms with Gasteiger partial charge in [-0.1, -0.05) is 11.8 Å². The Balaban J connectivity index is 2.88. The van der Waals surface area contributed by atoms with Gasteiger partial charge in [0.05, 0.1) is 6.54 Å². The number of aromatic nitrogens is 1. The van der Waals surface area contributed by atoms with Gasteiger partial charge in [-0.25, -0.2) is 0 Å². The normalized spacial score (nSPS) is 9.08. The largest absolute Gasteiger partial charge is 0.319 e. The molecule has 0 aliphatic rings. The van der Waals surface area contributed by atoms with Crippen molar-refractivity contribution in [1.29, 1.82) is 0 Å². The molecule has 0 aliphatic heterocycles. The molecular weight excluding hydrogens is 164 g/mol. The second-order valence-electron chi connectivity index (χ2n) is 2.70. The number of pyridine rings is 1. The summed E-state index contributed by atoms with van der Waals surface area (Å²) in [7, 11) is 3.55. The van der Waals surface area contributed by atoms with Crippen LogP contribution in [0.15, 0.2) is 23.1 Å². The molecule has 3 heteroatoms. The van der Waals surface area contributed by atoms with Crippen LogP contribution in [0.1, 0.15) is 5.56 Å². The Hall–Kier alpha value is -1.53. The molecule has 0 aromatic carbocycles. The molecule has 0 saturated carbocycles. The van der Waals surface area contributed by atoms with Gasteiger partial charge in [-0.05, 0) is 13.1 Å². The lowest BCUT2D eigenvalue weighted by Gasteiger charge is -1.94. The van der Waals surface area contributed by atoms with E-state index in [4.69, 9.17) is 0 Å². The van der Waals surface area contributed by atoms with Gasteiger partial charge < -0.3 is 9.88 Å². The van der Waals surface area contributed by atoms with Gasteiger partial charge in [0.15, 0.2) is 0 Å². The third-order valence-electron chi connectivity index (χ3n) is 1.60. The van der Waals surface area contributed by atoms with E-state index in [9.17, 15) is 4.79 Å². The lowest BCUT2D eigenvalue weighted by Crippen LogP contribution is -2.14. The van der Waals surface area contributed by atoms with E-state index < -0.39 is 0 Å². The van der Waals surface area contributed by atoms with Crippen molar-refractivity contribution in [3.05, 3.63) is 34.2 Å². The quantitative estimate of drug-likeness (QED) is 0.609. The zero-order valence-electron chi connectivity index (χ0n) is 7.79. The van der Waals surface area contributed by atoms with E-state index in [2.05, 4.69) is 17.2 Å². The molecule has 0 aliphatic carbocycles. The maximum Gasteiger partial charge on any atom is 0.251 e. The predicted molar refractivity (Wildman–Crippen MR) is 52.5 cm³/mol. The van der Waals surface area contributed by atoms with Gasteiger partial charge in [-0.3, -0.25) is 4.79 Å². The molecule has 3 nitrogen and oxygen atoms in total. The first-order valence-electron chi connectivity index (χ1n) is 4.04. The van der Waals surface area contributed by atoms with Gasteiger partial charge in [0.1, 0.15) is 0 Å². The summed E-state index contributed by atoms with van der Waals surface area (Å²) in [4.78, 5) is 11.2. The first-order chi connectivity index (χ1) is 6.24. The third-order valence-corrected chi connectivity index (χ3v) is 1.60. The summed E-state index contributed by atoms with van der Waals surface area (Å²) in [6.45, 7) is 0.634. The molecule has 0 saturated heterocycles. The van der Waals surface area contributed by atoms with Crippen LogP contribution in [0, 0.1) is 11.8 Å². The van der Waals surface area contributed by atoms with E-state index in [0.717, 1.165) is 5.56 Å². The molecule has 1 N–H and O–H groups in total. The Labute approximate surface area is 77.4 Å². The molecule has 0 radical (unpaired) electrons. The summed E-state index contributed by atoms with van der Waals surface area (Å²) in [6, 6.07) is 3.35. The topological polar surface area (TPSA) is 34.0 Å². The molecule has 13 heavy (non-hydrogen) atoms. The number of aryl methyl sites for hydroxylation is 1. The van der Waals surface area contributed by atoms with Crippen molar-refractivity contribution in [2.24, 2.45) is 7.05 Å². The minimum Gasteiger partial charge on any atom is -0.319 e. The van der Waals surface area contributed by atoms with E-state index in [1.54, 1.807) is 13.2 Å². The van der Waals surface area contributed by atoms with Crippen LogP contribution >= 0.6 is 0 Å². The van der Waals surface area contributed by atoms with E-state index in [0.29, 0.717) is 6.54 Å². The Morgan fingerprint density at radius 3 is 3.00 bits per heavy atom. The maximum absolute atomic E-state index is 11.2. The number of hydrogen-bond acceptors (Lipinski definition) is 2. The van der Waals surface area contributed by atoms with Crippen LogP contribution in [0.2, 0.25) is 0 Å². The van der Waals surface area contributed by atoms with Gasteiger partial charge in [0, 0.05) is 24.9 Å². The van der Waals surface area contributed by atoms with E-state index in [1.165, 1.54) is 10.6 Å². The van der Waals surface area contributed by atoms with Crippen LogP contribution < -0.4 is 10.9 Å². The summed E-state index contributed by atoms with van der Waals surface area (Å²) in [5.74, 6) is 5.78. The zero-order valence-corrected chi connectivity index (χ0v) is 7.79. The molecule has 1 aromatic heterocycles. The van der Waals surface area contributed by atoms with Crippen molar-refractivity contribution >= 4 is 0 Å². The van der Waals surface area contributed by atoms with Gasteiger partial charge in [0.25, 0.3) is 5.56 Å². The molecule has 0 fully saturated rings. The highest BCUT2D eigenvalue weighted by molar-refractivity contribution is 5.32. The van der Waals surface area contributed by atoms with Crippen LogP contribution in [-0.2, 0) is 7.05 Å². The molecule has 0 unspecified atom stereocenters. The fourth-order valence-electron chi connectivity index (χ4n) is 0.861.